The largest absolute Gasteiger partial charge is 0.254 e. The summed E-state index contributed by atoms with van der Waals surface area (Å²) in [5, 5.41) is 7.43. The van der Waals surface area contributed by atoms with E-state index in [4.69, 9.17) is 0 Å². The second kappa shape index (κ2) is 2.50. The maximum absolute atomic E-state index is 3.72. The lowest BCUT2D eigenvalue weighted by atomic mass is 10.3. The van der Waals surface area contributed by atoms with Crippen molar-refractivity contribution in [2.24, 2.45) is 5.10 Å². The van der Waals surface area contributed by atoms with Gasteiger partial charge in [0.25, 0.3) is 6.21 Å². The molecular weight excluding hydrogens is 88.1 g/mol. The van der Waals surface area contributed by atoms with Crippen molar-refractivity contribution in [3.63, 3.8) is 0 Å². The molecule has 1 heterocycles. The summed E-state index contributed by atoms with van der Waals surface area (Å²) in [7, 11) is 0. The van der Waals surface area contributed by atoms with Gasteiger partial charge in [0, 0.05) is 6.42 Å². The van der Waals surface area contributed by atoms with E-state index in [0.717, 1.165) is 12.8 Å². The van der Waals surface area contributed by atoms with Gasteiger partial charge in [0.2, 0.25) is 0 Å². The summed E-state index contributed by atoms with van der Waals surface area (Å²) in [5.41, 5.74) is 0. The van der Waals surface area contributed by atoms with Crippen molar-refractivity contribution < 1.29 is 0 Å². The topological polar surface area (TPSA) is 26.5 Å². The predicted molar refractivity (Wildman–Crippen MR) is 30.5 cm³/mol. The Labute approximate surface area is 43.0 Å². The molecule has 0 saturated carbocycles. The molecule has 0 bridgehead atoms. The first kappa shape index (κ1) is 4.50. The van der Waals surface area contributed by atoms with Crippen LogP contribution in [0.2, 0.25) is 0 Å². The zero-order valence-corrected chi connectivity index (χ0v) is 4.17. The van der Waals surface area contributed by atoms with Crippen molar-refractivity contribution in [3.8, 4) is 0 Å². The molecule has 2 nitrogen and oxygen atoms in total. The zero-order chi connectivity index (χ0) is 4.95. The summed E-state index contributed by atoms with van der Waals surface area (Å²) in [6.45, 7) is 0. The van der Waals surface area contributed by atoms with Crippen LogP contribution < -0.4 is 5.10 Å². The van der Waals surface area contributed by atoms with Crippen molar-refractivity contribution in [3.05, 3.63) is 0 Å². The molecule has 0 N–H and O–H groups in total. The van der Waals surface area contributed by atoms with Crippen LogP contribution in [0.1, 0.15) is 19.3 Å². The molecule has 0 unspecified atom stereocenters. The lowest BCUT2D eigenvalue weighted by Gasteiger charge is -1.74. The minimum absolute atomic E-state index is 1.08. The molecule has 0 saturated heterocycles. The Hall–Kier alpha value is -0.660. The van der Waals surface area contributed by atoms with Crippen LogP contribution in [-0.4, -0.2) is 12.4 Å². The van der Waals surface area contributed by atoms with Gasteiger partial charge in [-0.15, -0.1) is 0 Å². The van der Waals surface area contributed by atoms with Crippen molar-refractivity contribution in [2.45, 2.75) is 19.3 Å². The molecular formula is C5H8N2+. The molecule has 1 rings (SSSR count). The van der Waals surface area contributed by atoms with Crippen LogP contribution in [0.15, 0.2) is 5.10 Å². The SMILES string of the molecule is C1=N[N+]=CCCC1. The Morgan fingerprint density at radius 1 is 1.43 bits per heavy atom. The quantitative estimate of drug-likeness (QED) is 0.421. The smallest absolute Gasteiger partial charge is 0.0385 e. The summed E-state index contributed by atoms with van der Waals surface area (Å²) in [6, 6.07) is 0. The monoisotopic (exact) mass is 96.1 g/mol. The van der Waals surface area contributed by atoms with Gasteiger partial charge >= 0.3 is 0 Å². The number of rotatable bonds is 0. The van der Waals surface area contributed by atoms with Crippen LogP contribution >= 0.6 is 0 Å². The zero-order valence-electron chi connectivity index (χ0n) is 4.17. The molecule has 1 aliphatic heterocycles. The van der Waals surface area contributed by atoms with E-state index in [1.54, 1.807) is 0 Å². The summed E-state index contributed by atoms with van der Waals surface area (Å²) in [5.74, 6) is 0. The molecule has 0 aromatic rings. The van der Waals surface area contributed by atoms with E-state index in [-0.39, 0.29) is 0 Å². The lowest BCUT2D eigenvalue weighted by molar-refractivity contribution is 0.953. The highest BCUT2D eigenvalue weighted by molar-refractivity contribution is 5.63. The summed E-state index contributed by atoms with van der Waals surface area (Å²) >= 11 is 0. The first-order valence-electron chi connectivity index (χ1n) is 2.53. The Morgan fingerprint density at radius 3 is 3.43 bits per heavy atom. The van der Waals surface area contributed by atoms with Gasteiger partial charge in [-0.3, -0.25) is 0 Å². The van der Waals surface area contributed by atoms with Crippen LogP contribution in [0.4, 0.5) is 0 Å². The Bertz CT molecular complexity index is 82.3. The first-order valence-corrected chi connectivity index (χ1v) is 2.53. The highest BCUT2D eigenvalue weighted by atomic mass is 15.2. The lowest BCUT2D eigenvalue weighted by Crippen LogP contribution is -1.77. The minimum Gasteiger partial charge on any atom is -0.0385 e. The summed E-state index contributed by atoms with van der Waals surface area (Å²) < 4.78 is 0. The number of nitrogens with zero attached hydrogens (tertiary/aromatic N) is 2. The van der Waals surface area contributed by atoms with Crippen LogP contribution in [-0.2, 0) is 0 Å². The maximum Gasteiger partial charge on any atom is 0.254 e. The van der Waals surface area contributed by atoms with Crippen molar-refractivity contribution in [1.29, 1.82) is 0 Å². The third kappa shape index (κ3) is 1.48. The van der Waals surface area contributed by atoms with Crippen molar-refractivity contribution in [2.75, 3.05) is 0 Å². The molecule has 0 atom stereocenters. The van der Waals surface area contributed by atoms with Gasteiger partial charge in [-0.05, 0) is 12.8 Å². The molecule has 0 aromatic carbocycles. The van der Waals surface area contributed by atoms with Crippen LogP contribution in [0.3, 0.4) is 0 Å². The van der Waals surface area contributed by atoms with Crippen LogP contribution in [0.5, 0.6) is 0 Å². The maximum atomic E-state index is 3.72. The van der Waals surface area contributed by atoms with Gasteiger partial charge in [-0.1, -0.05) is 0 Å². The molecule has 1 aliphatic rings. The van der Waals surface area contributed by atoms with E-state index in [9.17, 15) is 0 Å². The average molecular weight is 96.1 g/mol. The van der Waals surface area contributed by atoms with Crippen LogP contribution in [0.25, 0.3) is 0 Å². The number of hydrogen-bond donors (Lipinski definition) is 0. The van der Waals surface area contributed by atoms with E-state index in [1.165, 1.54) is 6.42 Å². The van der Waals surface area contributed by atoms with Gasteiger partial charge in [-0.25, -0.2) is 0 Å². The predicted octanol–water partition coefficient (Wildman–Crippen LogP) is 0.563. The number of hydrogen-bond acceptors (Lipinski definition) is 2. The second-order valence-electron chi connectivity index (χ2n) is 1.53. The highest BCUT2D eigenvalue weighted by Crippen LogP contribution is 1.89. The molecule has 37 valence electrons. The van der Waals surface area contributed by atoms with E-state index < -0.39 is 0 Å². The van der Waals surface area contributed by atoms with Gasteiger partial charge < -0.3 is 0 Å². The summed E-state index contributed by atoms with van der Waals surface area (Å²) in [6.07, 6.45) is 7.07. The second-order valence-corrected chi connectivity index (χ2v) is 1.53. The molecule has 2 heteroatoms. The molecule has 0 amide bonds. The fourth-order valence-electron chi connectivity index (χ4n) is 0.510. The van der Waals surface area contributed by atoms with E-state index in [0.29, 0.717) is 0 Å². The van der Waals surface area contributed by atoms with Gasteiger partial charge in [0.15, 0.2) is 5.10 Å². The summed E-state index contributed by atoms with van der Waals surface area (Å²) in [4.78, 5) is 0. The van der Waals surface area contributed by atoms with Gasteiger partial charge in [0.05, 0.1) is 11.3 Å². The normalized spacial score (nSPS) is 19.4. The Morgan fingerprint density at radius 2 is 2.43 bits per heavy atom. The van der Waals surface area contributed by atoms with Gasteiger partial charge in [0.1, 0.15) is 0 Å². The van der Waals surface area contributed by atoms with Gasteiger partial charge in [-0.2, -0.15) is 0 Å². The molecule has 0 aliphatic carbocycles. The Balaban J connectivity index is 2.39. The molecule has 0 spiro atoms. The average Bonchev–Trinajstić information content (AvgIpc) is 1.90. The fourth-order valence-corrected chi connectivity index (χ4v) is 0.510. The third-order valence-corrected chi connectivity index (χ3v) is 0.896. The molecule has 1 radical (unpaired) electrons. The van der Waals surface area contributed by atoms with E-state index in [2.05, 4.69) is 10.2 Å². The Kier molecular flexibility index (Phi) is 1.61. The molecule has 0 aromatic heterocycles. The molecule has 7 heavy (non-hydrogen) atoms. The third-order valence-electron chi connectivity index (χ3n) is 0.896. The van der Waals surface area contributed by atoms with E-state index in [1.807, 2.05) is 12.4 Å². The molecule has 0 fully saturated rings. The first-order chi connectivity index (χ1) is 3.50. The van der Waals surface area contributed by atoms with Crippen molar-refractivity contribution >= 4 is 12.4 Å². The minimum atomic E-state index is 1.08. The van der Waals surface area contributed by atoms with E-state index >= 15 is 0 Å². The van der Waals surface area contributed by atoms with Crippen LogP contribution in [0, 0.1) is 0 Å². The highest BCUT2D eigenvalue weighted by Gasteiger charge is 1.93. The fraction of sp³-hybridized carbons (Fsp3) is 0.600. The standard InChI is InChI=1S/C5H8N2/c1-2-4-6-7-5-3-1/h4-5H,1-3H2/q+1. The van der Waals surface area contributed by atoms with Crippen molar-refractivity contribution in [1.82, 2.24) is 5.10 Å².